The molecule has 0 radical (unpaired) electrons. The van der Waals surface area contributed by atoms with Crippen LogP contribution in [0.15, 0.2) is 22.1 Å². The maximum atomic E-state index is 11.7. The van der Waals surface area contributed by atoms with Gasteiger partial charge in [0.2, 0.25) is 0 Å². The average Bonchev–Trinajstić information content (AvgIpc) is 2.75. The first kappa shape index (κ1) is 16.3. The summed E-state index contributed by atoms with van der Waals surface area (Å²) < 4.78 is 13.0. The minimum absolute atomic E-state index is 0.175. The molecule has 8 heteroatoms. The Labute approximate surface area is 143 Å². The molecular formula is C15H18ClN3O3S. The molecule has 0 saturated carbocycles. The third-order valence-corrected chi connectivity index (χ3v) is 4.73. The van der Waals surface area contributed by atoms with Crippen LogP contribution in [-0.2, 0) is 12.3 Å². The van der Waals surface area contributed by atoms with Gasteiger partial charge in [-0.15, -0.1) is 5.10 Å². The van der Waals surface area contributed by atoms with Crippen LogP contribution in [0.5, 0.6) is 11.5 Å². The SMILES string of the molecule is CCCn1c(SCc2cc(Cl)c3c(c2)OCCCO3)n[nH]c1=O. The average molecular weight is 356 g/mol. The molecule has 3 rings (SSSR count). The van der Waals surface area contributed by atoms with E-state index in [-0.39, 0.29) is 5.69 Å². The molecule has 0 spiro atoms. The number of benzene rings is 1. The molecule has 0 amide bonds. The molecule has 1 aromatic carbocycles. The van der Waals surface area contributed by atoms with Crippen LogP contribution in [0.25, 0.3) is 0 Å². The van der Waals surface area contributed by atoms with Crippen molar-refractivity contribution in [2.45, 2.75) is 37.2 Å². The van der Waals surface area contributed by atoms with Gasteiger partial charge in [0.15, 0.2) is 16.7 Å². The van der Waals surface area contributed by atoms with E-state index in [4.69, 9.17) is 21.1 Å². The number of nitrogens with zero attached hydrogens (tertiary/aromatic N) is 2. The molecule has 2 heterocycles. The topological polar surface area (TPSA) is 69.1 Å². The highest BCUT2D eigenvalue weighted by atomic mass is 35.5. The Balaban J connectivity index is 1.77. The van der Waals surface area contributed by atoms with Crippen LogP contribution in [0.2, 0.25) is 5.02 Å². The zero-order valence-electron chi connectivity index (χ0n) is 12.8. The third-order valence-electron chi connectivity index (χ3n) is 3.40. The maximum absolute atomic E-state index is 11.7. The molecule has 0 atom stereocenters. The molecule has 124 valence electrons. The molecular weight excluding hydrogens is 338 g/mol. The monoisotopic (exact) mass is 355 g/mol. The third kappa shape index (κ3) is 3.67. The Bertz CT molecular complexity index is 744. The summed E-state index contributed by atoms with van der Waals surface area (Å²) >= 11 is 7.79. The van der Waals surface area contributed by atoms with Crippen molar-refractivity contribution in [1.82, 2.24) is 14.8 Å². The van der Waals surface area contributed by atoms with Gasteiger partial charge in [-0.25, -0.2) is 9.89 Å². The van der Waals surface area contributed by atoms with Crippen molar-refractivity contribution < 1.29 is 9.47 Å². The second-order valence-electron chi connectivity index (χ2n) is 5.21. The lowest BCUT2D eigenvalue weighted by Crippen LogP contribution is -2.17. The maximum Gasteiger partial charge on any atom is 0.343 e. The fourth-order valence-electron chi connectivity index (χ4n) is 2.35. The molecule has 23 heavy (non-hydrogen) atoms. The Morgan fingerprint density at radius 3 is 3.04 bits per heavy atom. The van der Waals surface area contributed by atoms with Crippen molar-refractivity contribution in [1.29, 1.82) is 0 Å². The van der Waals surface area contributed by atoms with Gasteiger partial charge < -0.3 is 9.47 Å². The number of hydrogen-bond acceptors (Lipinski definition) is 5. The van der Waals surface area contributed by atoms with Crippen LogP contribution < -0.4 is 15.2 Å². The minimum Gasteiger partial charge on any atom is -0.489 e. The number of nitrogens with one attached hydrogen (secondary N) is 1. The minimum atomic E-state index is -0.175. The van der Waals surface area contributed by atoms with Crippen molar-refractivity contribution in [2.75, 3.05) is 13.2 Å². The molecule has 0 bridgehead atoms. The van der Waals surface area contributed by atoms with E-state index in [2.05, 4.69) is 10.2 Å². The fraction of sp³-hybridized carbons (Fsp3) is 0.467. The van der Waals surface area contributed by atoms with E-state index < -0.39 is 0 Å². The van der Waals surface area contributed by atoms with Gasteiger partial charge in [-0.3, -0.25) is 4.57 Å². The first-order valence-corrected chi connectivity index (χ1v) is 8.91. The zero-order chi connectivity index (χ0) is 16.2. The predicted molar refractivity (Wildman–Crippen MR) is 89.8 cm³/mol. The van der Waals surface area contributed by atoms with E-state index in [1.807, 2.05) is 19.1 Å². The van der Waals surface area contributed by atoms with E-state index in [0.717, 1.165) is 18.4 Å². The van der Waals surface area contributed by atoms with Crippen LogP contribution in [0.3, 0.4) is 0 Å². The van der Waals surface area contributed by atoms with E-state index in [0.29, 0.717) is 47.2 Å². The number of aromatic amines is 1. The molecule has 0 saturated heterocycles. The summed E-state index contributed by atoms with van der Waals surface area (Å²) in [7, 11) is 0. The number of thioether (sulfide) groups is 1. The standard InChI is InChI=1S/C15H18ClN3O3S/c1-2-4-19-14(20)17-18-15(19)23-9-10-7-11(16)13-12(8-10)21-5-3-6-22-13/h7-8H,2-6,9H2,1H3,(H,17,20). The summed E-state index contributed by atoms with van der Waals surface area (Å²) in [5, 5.41) is 7.80. The van der Waals surface area contributed by atoms with Crippen molar-refractivity contribution in [3.63, 3.8) is 0 Å². The summed E-state index contributed by atoms with van der Waals surface area (Å²) in [5.74, 6) is 1.93. The largest absolute Gasteiger partial charge is 0.489 e. The normalized spacial score (nSPS) is 13.8. The molecule has 1 aliphatic rings. The van der Waals surface area contributed by atoms with E-state index in [9.17, 15) is 4.79 Å². The van der Waals surface area contributed by atoms with Crippen LogP contribution >= 0.6 is 23.4 Å². The van der Waals surface area contributed by atoms with E-state index in [1.54, 1.807) is 4.57 Å². The Kier molecular flexibility index (Phi) is 5.17. The lowest BCUT2D eigenvalue weighted by atomic mass is 10.2. The quantitative estimate of drug-likeness (QED) is 0.835. The second kappa shape index (κ2) is 7.31. The molecule has 2 aromatic rings. The van der Waals surface area contributed by atoms with Gasteiger partial charge in [0.1, 0.15) is 0 Å². The van der Waals surface area contributed by atoms with Gasteiger partial charge in [0, 0.05) is 18.7 Å². The number of rotatable bonds is 5. The molecule has 1 N–H and O–H groups in total. The van der Waals surface area contributed by atoms with Crippen LogP contribution in [0, 0.1) is 0 Å². The number of ether oxygens (including phenoxy) is 2. The number of hydrogen-bond donors (Lipinski definition) is 1. The number of H-pyrrole nitrogens is 1. The lowest BCUT2D eigenvalue weighted by Gasteiger charge is -2.11. The van der Waals surface area contributed by atoms with Gasteiger partial charge in [0.05, 0.1) is 18.2 Å². The number of aromatic nitrogens is 3. The fourth-order valence-corrected chi connectivity index (χ4v) is 3.54. The first-order valence-electron chi connectivity index (χ1n) is 7.55. The Morgan fingerprint density at radius 1 is 1.39 bits per heavy atom. The first-order chi connectivity index (χ1) is 11.2. The van der Waals surface area contributed by atoms with E-state index in [1.165, 1.54) is 11.8 Å². The number of halogens is 1. The summed E-state index contributed by atoms with van der Waals surface area (Å²) in [6.45, 7) is 3.91. The smallest absolute Gasteiger partial charge is 0.343 e. The van der Waals surface area contributed by atoms with Crippen molar-refractivity contribution in [2.24, 2.45) is 0 Å². The molecule has 6 nitrogen and oxygen atoms in total. The molecule has 0 unspecified atom stereocenters. The van der Waals surface area contributed by atoms with Gasteiger partial charge in [-0.2, -0.15) is 0 Å². The zero-order valence-corrected chi connectivity index (χ0v) is 14.4. The van der Waals surface area contributed by atoms with Crippen molar-refractivity contribution in [3.05, 3.63) is 33.2 Å². The van der Waals surface area contributed by atoms with Gasteiger partial charge in [0.25, 0.3) is 0 Å². The highest BCUT2D eigenvalue weighted by Gasteiger charge is 2.16. The molecule has 0 aliphatic carbocycles. The van der Waals surface area contributed by atoms with Gasteiger partial charge in [-0.05, 0) is 24.1 Å². The Hall–Kier alpha value is -1.60. The van der Waals surface area contributed by atoms with Crippen LogP contribution in [0.1, 0.15) is 25.3 Å². The highest BCUT2D eigenvalue weighted by Crippen LogP contribution is 2.39. The number of fused-ring (bicyclic) bond motifs is 1. The summed E-state index contributed by atoms with van der Waals surface area (Å²) in [4.78, 5) is 11.7. The molecule has 0 fully saturated rings. The summed E-state index contributed by atoms with van der Waals surface area (Å²) in [5.41, 5.74) is 0.828. The van der Waals surface area contributed by atoms with Crippen molar-refractivity contribution in [3.8, 4) is 11.5 Å². The van der Waals surface area contributed by atoms with E-state index >= 15 is 0 Å². The van der Waals surface area contributed by atoms with Crippen molar-refractivity contribution >= 4 is 23.4 Å². The molecule has 1 aliphatic heterocycles. The van der Waals surface area contributed by atoms with Gasteiger partial charge in [-0.1, -0.05) is 30.3 Å². The summed E-state index contributed by atoms with van der Waals surface area (Å²) in [6.07, 6.45) is 1.72. The second-order valence-corrected chi connectivity index (χ2v) is 6.56. The van der Waals surface area contributed by atoms with Crippen LogP contribution in [0.4, 0.5) is 0 Å². The van der Waals surface area contributed by atoms with Crippen LogP contribution in [-0.4, -0.2) is 28.0 Å². The van der Waals surface area contributed by atoms with Gasteiger partial charge >= 0.3 is 5.69 Å². The Morgan fingerprint density at radius 2 is 2.22 bits per heavy atom. The molecule has 1 aromatic heterocycles. The summed E-state index contributed by atoms with van der Waals surface area (Å²) in [6, 6.07) is 3.81. The highest BCUT2D eigenvalue weighted by molar-refractivity contribution is 7.98. The predicted octanol–water partition coefficient (Wildman–Crippen LogP) is 3.09. The lowest BCUT2D eigenvalue weighted by molar-refractivity contribution is 0.297.